The molecule has 0 saturated carbocycles. The summed E-state index contributed by atoms with van der Waals surface area (Å²) in [6.07, 6.45) is 0.381. The molecular formula is C48H63N8O8S2-. The van der Waals surface area contributed by atoms with Crippen LogP contribution in [0.5, 0.6) is 0 Å². The molecule has 0 fully saturated rings. The van der Waals surface area contributed by atoms with Crippen LogP contribution in [0.4, 0.5) is 0 Å². The molecule has 0 aliphatic carbocycles. The van der Waals surface area contributed by atoms with Crippen LogP contribution >= 0.6 is 23.5 Å². The van der Waals surface area contributed by atoms with Crippen LogP contribution in [0.1, 0.15) is 69.8 Å². The van der Waals surface area contributed by atoms with Crippen molar-refractivity contribution < 1.29 is 38.9 Å². The molecule has 0 aliphatic heterocycles. The SMILES string of the molecule is CC(C)C[C@H](NC(=O)C[C@H](O)[C@H](CSCc1ccccc1)NC(=O)[C@H](Cc1cnc[nH]1)NC(=O)[C@H](CSCc1ccccc1)N=C([O-])OC(C)(C)C)C(=O)N[C@@H](Cc1ccccc1)C(N)=O. The van der Waals surface area contributed by atoms with Crippen LogP contribution in [0.3, 0.4) is 0 Å². The highest BCUT2D eigenvalue weighted by Gasteiger charge is 2.32. The number of aliphatic hydroxyl groups excluding tert-OH is 1. The van der Waals surface area contributed by atoms with Crippen LogP contribution < -0.4 is 32.1 Å². The minimum Gasteiger partial charge on any atom is -0.595 e. The molecule has 356 valence electrons. The molecule has 0 spiro atoms. The Hall–Kier alpha value is -5.85. The first kappa shape index (κ1) is 52.8. The number of hydrogen-bond acceptors (Lipinski definition) is 12. The van der Waals surface area contributed by atoms with Gasteiger partial charge in [0.1, 0.15) is 30.3 Å². The number of benzene rings is 3. The monoisotopic (exact) mass is 943 g/mol. The molecule has 0 aliphatic rings. The molecule has 0 unspecified atom stereocenters. The van der Waals surface area contributed by atoms with Gasteiger partial charge in [0.15, 0.2) is 0 Å². The zero-order valence-electron chi connectivity index (χ0n) is 38.1. The maximum atomic E-state index is 14.3. The van der Waals surface area contributed by atoms with Gasteiger partial charge in [-0.15, -0.1) is 0 Å². The van der Waals surface area contributed by atoms with Gasteiger partial charge in [-0.2, -0.15) is 23.5 Å². The third-order valence-corrected chi connectivity index (χ3v) is 12.1. The molecular weight excluding hydrogens is 881 g/mol. The molecule has 18 heteroatoms. The number of ether oxygens (including phenoxy) is 1. The molecule has 1 aromatic heterocycles. The van der Waals surface area contributed by atoms with Crippen molar-refractivity contribution in [3.05, 3.63) is 126 Å². The van der Waals surface area contributed by atoms with Gasteiger partial charge >= 0.3 is 0 Å². The van der Waals surface area contributed by atoms with Crippen molar-refractivity contribution in [3.8, 4) is 0 Å². The van der Waals surface area contributed by atoms with Crippen molar-refractivity contribution in [1.29, 1.82) is 0 Å². The van der Waals surface area contributed by atoms with Crippen molar-refractivity contribution in [1.82, 2.24) is 31.2 Å². The first-order valence-corrected chi connectivity index (χ1v) is 24.1. The average molecular weight is 944 g/mol. The molecule has 5 amide bonds. The maximum absolute atomic E-state index is 14.3. The number of aliphatic hydroxyl groups is 1. The van der Waals surface area contributed by atoms with Gasteiger partial charge in [0.05, 0.1) is 24.9 Å². The molecule has 1 heterocycles. The lowest BCUT2D eigenvalue weighted by Crippen LogP contribution is -2.57. The largest absolute Gasteiger partial charge is 0.595 e. The molecule has 0 saturated heterocycles. The molecule has 3 aromatic carbocycles. The van der Waals surface area contributed by atoms with E-state index in [2.05, 4.69) is 36.2 Å². The minimum absolute atomic E-state index is 0.0447. The summed E-state index contributed by atoms with van der Waals surface area (Å²) < 4.78 is 5.41. The van der Waals surface area contributed by atoms with Crippen LogP contribution in [-0.4, -0.2) is 104 Å². The second-order valence-corrected chi connectivity index (χ2v) is 19.3. The van der Waals surface area contributed by atoms with E-state index >= 15 is 0 Å². The highest BCUT2D eigenvalue weighted by molar-refractivity contribution is 7.98. The third kappa shape index (κ3) is 19.7. The number of primary amides is 1. The lowest BCUT2D eigenvalue weighted by Gasteiger charge is -2.30. The number of aromatic amines is 1. The van der Waals surface area contributed by atoms with Crippen molar-refractivity contribution >= 4 is 59.1 Å². The zero-order chi connectivity index (χ0) is 48.1. The standard InChI is InChI=1S/C48H64N8O8S2/c1-31(2)21-37(44(60)53-36(43(49)59)22-32-15-9-6-10-16-32)52-42(58)24-41(57)39(28-65-26-33-17-11-7-12-18-33)55-45(61)38(23-35-25-50-30-51-35)54-46(62)40(56-47(63)64-48(3,4)5)29-66-27-34-19-13-8-14-20-34/h6-20,25,30-31,36-41,57H,21-24,26-29H2,1-5H3,(H2,49,59)(H,50,51)(H,52,58)(H,53,60)(H,54,62)(H,55,61)(H,56,63)/p-1/t36-,37-,38-,39-,40-,41-/m0/s1. The summed E-state index contributed by atoms with van der Waals surface area (Å²) >= 11 is 2.80. The second kappa shape index (κ2) is 26.9. The number of amides is 5. The van der Waals surface area contributed by atoms with E-state index in [-0.39, 0.29) is 36.7 Å². The first-order valence-electron chi connectivity index (χ1n) is 21.8. The number of hydrogen-bond donors (Lipinski definition) is 7. The minimum atomic E-state index is -1.45. The number of H-pyrrole nitrogens is 1. The maximum Gasteiger partial charge on any atom is 0.246 e. The number of aliphatic imine (C=N–C) groups is 1. The summed E-state index contributed by atoms with van der Waals surface area (Å²) in [5.74, 6) is -2.13. The van der Waals surface area contributed by atoms with Gasteiger partial charge < -0.3 is 46.9 Å². The van der Waals surface area contributed by atoms with Gasteiger partial charge in [-0.3, -0.25) is 29.0 Å². The number of rotatable bonds is 26. The number of carbonyl (C=O) groups is 5. The Labute approximate surface area is 395 Å². The van der Waals surface area contributed by atoms with Crippen LogP contribution in [0.15, 0.2) is 109 Å². The van der Waals surface area contributed by atoms with E-state index in [0.29, 0.717) is 17.2 Å². The fourth-order valence-corrected chi connectivity index (χ4v) is 8.69. The van der Waals surface area contributed by atoms with Crippen molar-refractivity contribution in [3.63, 3.8) is 0 Å². The summed E-state index contributed by atoms with van der Waals surface area (Å²) in [7, 11) is 0. The zero-order valence-corrected chi connectivity index (χ0v) is 39.7. The summed E-state index contributed by atoms with van der Waals surface area (Å²) in [4.78, 5) is 79.2. The molecule has 4 rings (SSSR count). The van der Waals surface area contributed by atoms with Gasteiger partial charge in [-0.25, -0.2) is 4.98 Å². The number of thioether (sulfide) groups is 2. The van der Waals surface area contributed by atoms with E-state index in [0.717, 1.165) is 16.7 Å². The number of nitrogens with zero attached hydrogens (tertiary/aromatic N) is 2. The fraction of sp³-hybridized carbons (Fsp3) is 0.438. The summed E-state index contributed by atoms with van der Waals surface area (Å²) in [5, 5.41) is 35.7. The number of imidazole rings is 1. The van der Waals surface area contributed by atoms with Crippen molar-refractivity contribution in [2.24, 2.45) is 16.6 Å². The smallest absolute Gasteiger partial charge is 0.246 e. The van der Waals surface area contributed by atoms with Crippen LogP contribution in [-0.2, 0) is 53.1 Å². The fourth-order valence-electron chi connectivity index (χ4n) is 6.59. The molecule has 4 aromatic rings. The van der Waals surface area contributed by atoms with E-state index < -0.39 is 84.0 Å². The first-order chi connectivity index (χ1) is 31.4. The Kier molecular flexibility index (Phi) is 21.5. The summed E-state index contributed by atoms with van der Waals surface area (Å²) in [6, 6.07) is 22.6. The van der Waals surface area contributed by atoms with Gasteiger partial charge in [0.25, 0.3) is 0 Å². The van der Waals surface area contributed by atoms with E-state index in [1.54, 1.807) is 20.8 Å². The van der Waals surface area contributed by atoms with Crippen LogP contribution in [0.2, 0.25) is 0 Å². The van der Waals surface area contributed by atoms with E-state index in [1.807, 2.05) is 105 Å². The normalized spacial score (nSPS) is 14.5. The Morgan fingerprint density at radius 3 is 1.83 bits per heavy atom. The van der Waals surface area contributed by atoms with E-state index in [9.17, 15) is 34.2 Å². The van der Waals surface area contributed by atoms with Gasteiger partial charge in [-0.1, -0.05) is 126 Å². The highest BCUT2D eigenvalue weighted by atomic mass is 32.2. The molecule has 16 nitrogen and oxygen atoms in total. The molecule has 0 radical (unpaired) electrons. The molecule has 66 heavy (non-hydrogen) atoms. The van der Waals surface area contributed by atoms with Crippen LogP contribution in [0, 0.1) is 5.92 Å². The Balaban J connectivity index is 1.54. The van der Waals surface area contributed by atoms with E-state index in [1.165, 1.54) is 36.0 Å². The molecule has 6 atom stereocenters. The predicted octanol–water partition coefficient (Wildman–Crippen LogP) is 3.18. The van der Waals surface area contributed by atoms with Crippen molar-refractivity contribution in [2.75, 3.05) is 11.5 Å². The van der Waals surface area contributed by atoms with Gasteiger partial charge in [0, 0.05) is 53.3 Å². The lowest BCUT2D eigenvalue weighted by molar-refractivity contribution is -0.260. The topological polar surface area (TPSA) is 253 Å². The Bertz CT molecular complexity index is 2140. The lowest BCUT2D eigenvalue weighted by atomic mass is 10.0. The molecule has 8 N–H and O–H groups in total. The number of nitrogens with one attached hydrogen (secondary N) is 5. The van der Waals surface area contributed by atoms with Gasteiger partial charge in [0.2, 0.25) is 29.5 Å². The Morgan fingerprint density at radius 2 is 1.30 bits per heavy atom. The number of aromatic nitrogens is 2. The van der Waals surface area contributed by atoms with Crippen molar-refractivity contribution in [2.45, 2.75) is 114 Å². The second-order valence-electron chi connectivity index (χ2n) is 17.3. The predicted molar refractivity (Wildman–Crippen MR) is 257 cm³/mol. The number of nitrogens with two attached hydrogens (primary N) is 1. The summed E-state index contributed by atoms with van der Waals surface area (Å²) in [6.45, 7) is 8.82. The quantitative estimate of drug-likeness (QED) is 0.0356. The summed E-state index contributed by atoms with van der Waals surface area (Å²) in [5.41, 5.74) is 8.10. The Morgan fingerprint density at radius 1 is 0.758 bits per heavy atom. The average Bonchev–Trinajstić information content (AvgIpc) is 3.78. The number of carbonyl (C=O) groups excluding carboxylic acids is 5. The third-order valence-electron chi connectivity index (χ3n) is 9.85. The van der Waals surface area contributed by atoms with Crippen LogP contribution in [0.25, 0.3) is 0 Å². The van der Waals surface area contributed by atoms with E-state index in [4.69, 9.17) is 10.5 Å². The van der Waals surface area contributed by atoms with Gasteiger partial charge in [-0.05, 0) is 29.0 Å². The highest BCUT2D eigenvalue weighted by Crippen LogP contribution is 2.18. The molecule has 0 bridgehead atoms.